The van der Waals surface area contributed by atoms with Gasteiger partial charge >= 0.3 is 0 Å². The molecule has 34 heavy (non-hydrogen) atoms. The summed E-state index contributed by atoms with van der Waals surface area (Å²) in [6.45, 7) is 2.94. The van der Waals surface area contributed by atoms with Crippen LogP contribution in [0.15, 0.2) is 60.7 Å². The van der Waals surface area contributed by atoms with Crippen molar-refractivity contribution in [3.05, 3.63) is 71.1 Å². The highest BCUT2D eigenvalue weighted by Gasteiger charge is 2.23. The van der Waals surface area contributed by atoms with Crippen LogP contribution in [-0.2, 0) is 9.53 Å². The van der Waals surface area contributed by atoms with Gasteiger partial charge in [-0.1, -0.05) is 42.5 Å². The van der Waals surface area contributed by atoms with Gasteiger partial charge in [-0.2, -0.15) is 0 Å². The summed E-state index contributed by atoms with van der Waals surface area (Å²) < 4.78 is 5.50. The molecule has 0 atom stereocenters. The molecule has 0 spiro atoms. The van der Waals surface area contributed by atoms with Crippen molar-refractivity contribution in [3.8, 4) is 11.1 Å². The average molecular weight is 479 g/mol. The molecular formula is C25H26N4O4S. The van der Waals surface area contributed by atoms with Crippen molar-refractivity contribution in [1.29, 1.82) is 0 Å². The number of nitrogens with one attached hydrogen (secondary N) is 2. The van der Waals surface area contributed by atoms with Gasteiger partial charge in [0.15, 0.2) is 0 Å². The Morgan fingerprint density at radius 2 is 1.68 bits per heavy atom. The molecule has 4 N–H and O–H groups in total. The molecule has 176 valence electrons. The lowest BCUT2D eigenvalue weighted by Gasteiger charge is -2.28. The predicted octanol–water partition coefficient (Wildman–Crippen LogP) is 3.11. The minimum Gasteiger partial charge on any atom is -0.378 e. The lowest BCUT2D eigenvalue weighted by molar-refractivity contribution is -0.117. The zero-order valence-corrected chi connectivity index (χ0v) is 19.4. The summed E-state index contributed by atoms with van der Waals surface area (Å²) in [5.41, 5.74) is 7.87. The van der Waals surface area contributed by atoms with Gasteiger partial charge in [0, 0.05) is 31.6 Å². The predicted molar refractivity (Wildman–Crippen MR) is 133 cm³/mol. The van der Waals surface area contributed by atoms with Crippen LogP contribution >= 0.6 is 11.3 Å². The third kappa shape index (κ3) is 5.62. The Balaban J connectivity index is 1.58. The number of anilines is 2. The molecule has 2 aromatic carbocycles. The van der Waals surface area contributed by atoms with Crippen molar-refractivity contribution in [2.24, 2.45) is 5.73 Å². The van der Waals surface area contributed by atoms with Gasteiger partial charge in [0.25, 0.3) is 11.8 Å². The number of rotatable bonds is 8. The fourth-order valence-electron chi connectivity index (χ4n) is 3.69. The number of carbonyl (C=O) groups excluding carboxylic acids is 3. The molecule has 2 heterocycles. The van der Waals surface area contributed by atoms with E-state index in [0.29, 0.717) is 29.3 Å². The zero-order valence-electron chi connectivity index (χ0n) is 18.6. The minimum atomic E-state index is -0.495. The Kier molecular flexibility index (Phi) is 7.56. The Morgan fingerprint density at radius 3 is 2.41 bits per heavy atom. The maximum absolute atomic E-state index is 13.2. The Bertz CT molecular complexity index is 1170. The van der Waals surface area contributed by atoms with E-state index in [4.69, 9.17) is 10.5 Å². The van der Waals surface area contributed by atoms with Gasteiger partial charge in [-0.05, 0) is 23.8 Å². The lowest BCUT2D eigenvalue weighted by atomic mass is 10.1. The third-order valence-corrected chi connectivity index (χ3v) is 6.59. The SMILES string of the molecule is NC(=O)CCNC(=O)c1ccccc1NC(=O)c1cc(-c2ccccc2)c(N2CCOCC2)s1. The summed E-state index contributed by atoms with van der Waals surface area (Å²) in [7, 11) is 0. The van der Waals surface area contributed by atoms with E-state index in [-0.39, 0.29) is 24.8 Å². The number of primary amides is 1. The van der Waals surface area contributed by atoms with E-state index in [0.717, 1.165) is 29.2 Å². The van der Waals surface area contributed by atoms with Crippen molar-refractivity contribution >= 4 is 39.7 Å². The second kappa shape index (κ2) is 11.0. The molecule has 4 rings (SSSR count). The molecule has 8 nitrogen and oxygen atoms in total. The van der Waals surface area contributed by atoms with Crippen LogP contribution in [0, 0.1) is 0 Å². The van der Waals surface area contributed by atoms with E-state index in [2.05, 4.69) is 15.5 Å². The van der Waals surface area contributed by atoms with Crippen LogP contribution in [0.4, 0.5) is 10.7 Å². The van der Waals surface area contributed by atoms with Crippen LogP contribution in [0.5, 0.6) is 0 Å². The number of carbonyl (C=O) groups is 3. The van der Waals surface area contributed by atoms with Crippen molar-refractivity contribution in [3.63, 3.8) is 0 Å². The molecule has 1 fully saturated rings. The number of thiophene rings is 1. The van der Waals surface area contributed by atoms with E-state index in [1.54, 1.807) is 24.3 Å². The normalized spacial score (nSPS) is 13.4. The Hall–Kier alpha value is -3.69. The molecule has 3 amide bonds. The van der Waals surface area contributed by atoms with Crippen LogP contribution in [-0.4, -0.2) is 50.6 Å². The van der Waals surface area contributed by atoms with Crippen LogP contribution in [0.2, 0.25) is 0 Å². The average Bonchev–Trinajstić information content (AvgIpc) is 3.31. The number of para-hydroxylation sites is 1. The van der Waals surface area contributed by atoms with E-state index in [1.807, 2.05) is 36.4 Å². The van der Waals surface area contributed by atoms with E-state index in [9.17, 15) is 14.4 Å². The molecule has 9 heteroatoms. The number of nitrogens with zero attached hydrogens (tertiary/aromatic N) is 1. The van der Waals surface area contributed by atoms with Crippen molar-refractivity contribution in [1.82, 2.24) is 5.32 Å². The van der Waals surface area contributed by atoms with Gasteiger partial charge in [0.2, 0.25) is 5.91 Å². The number of hydrogen-bond acceptors (Lipinski definition) is 6. The highest BCUT2D eigenvalue weighted by Crippen LogP contribution is 2.39. The summed E-state index contributed by atoms with van der Waals surface area (Å²) in [5.74, 6) is -1.17. The minimum absolute atomic E-state index is 0.0437. The quantitative estimate of drug-likeness (QED) is 0.460. The molecule has 1 aromatic heterocycles. The number of amides is 3. The summed E-state index contributed by atoms with van der Waals surface area (Å²) in [6, 6.07) is 18.6. The molecule has 1 aliphatic rings. The largest absolute Gasteiger partial charge is 0.378 e. The Labute approximate surface area is 201 Å². The molecular weight excluding hydrogens is 452 g/mol. The standard InChI is InChI=1S/C25H26N4O4S/c26-22(30)10-11-27-23(31)18-8-4-5-9-20(18)28-24(32)21-16-19(17-6-2-1-3-7-17)25(34-21)29-12-14-33-15-13-29/h1-9,16H,10-15H2,(H2,26,30)(H,27,31)(H,28,32). The molecule has 0 aliphatic carbocycles. The van der Waals surface area contributed by atoms with Gasteiger partial charge in [0.05, 0.1) is 34.3 Å². The van der Waals surface area contributed by atoms with Crippen molar-refractivity contribution < 1.29 is 19.1 Å². The fraction of sp³-hybridized carbons (Fsp3) is 0.240. The van der Waals surface area contributed by atoms with Crippen molar-refractivity contribution in [2.45, 2.75) is 6.42 Å². The summed E-state index contributed by atoms with van der Waals surface area (Å²) in [4.78, 5) is 39.5. The smallest absolute Gasteiger partial charge is 0.265 e. The van der Waals surface area contributed by atoms with Crippen LogP contribution in [0.25, 0.3) is 11.1 Å². The van der Waals surface area contributed by atoms with Gasteiger partial charge < -0.3 is 26.0 Å². The maximum Gasteiger partial charge on any atom is 0.265 e. The third-order valence-electron chi connectivity index (χ3n) is 5.40. The second-order valence-electron chi connectivity index (χ2n) is 7.77. The number of hydrogen-bond donors (Lipinski definition) is 3. The highest BCUT2D eigenvalue weighted by atomic mass is 32.1. The first-order valence-electron chi connectivity index (χ1n) is 11.0. The molecule has 0 bridgehead atoms. The fourth-order valence-corrected chi connectivity index (χ4v) is 4.81. The number of morpholine rings is 1. The Morgan fingerprint density at radius 1 is 0.971 bits per heavy atom. The second-order valence-corrected chi connectivity index (χ2v) is 8.80. The van der Waals surface area contributed by atoms with Crippen LogP contribution < -0.4 is 21.3 Å². The summed E-state index contributed by atoms with van der Waals surface area (Å²) in [6.07, 6.45) is 0.0437. The van der Waals surface area contributed by atoms with Crippen LogP contribution in [0.3, 0.4) is 0 Å². The van der Waals surface area contributed by atoms with Crippen LogP contribution in [0.1, 0.15) is 26.5 Å². The van der Waals surface area contributed by atoms with Crippen molar-refractivity contribution in [2.75, 3.05) is 43.1 Å². The number of ether oxygens (including phenoxy) is 1. The molecule has 0 radical (unpaired) electrons. The van der Waals surface area contributed by atoms with Gasteiger partial charge in [-0.3, -0.25) is 14.4 Å². The molecule has 3 aromatic rings. The van der Waals surface area contributed by atoms with Gasteiger partial charge in [-0.25, -0.2) is 0 Å². The van der Waals surface area contributed by atoms with Gasteiger partial charge in [-0.15, -0.1) is 11.3 Å². The lowest BCUT2D eigenvalue weighted by Crippen LogP contribution is -2.35. The first-order chi connectivity index (χ1) is 16.5. The molecule has 0 saturated carbocycles. The molecule has 1 aliphatic heterocycles. The van der Waals surface area contributed by atoms with E-state index < -0.39 is 5.91 Å². The molecule has 0 unspecified atom stereocenters. The monoisotopic (exact) mass is 478 g/mol. The first kappa shape index (κ1) is 23.5. The maximum atomic E-state index is 13.2. The first-order valence-corrected chi connectivity index (χ1v) is 11.8. The summed E-state index contributed by atoms with van der Waals surface area (Å²) in [5, 5.41) is 6.56. The zero-order chi connectivity index (χ0) is 23.9. The highest BCUT2D eigenvalue weighted by molar-refractivity contribution is 7.18. The van der Waals surface area contributed by atoms with Gasteiger partial charge in [0.1, 0.15) is 0 Å². The summed E-state index contributed by atoms with van der Waals surface area (Å²) >= 11 is 1.43. The number of nitrogens with two attached hydrogens (primary N) is 1. The number of benzene rings is 2. The van der Waals surface area contributed by atoms with E-state index in [1.165, 1.54) is 11.3 Å². The topological polar surface area (TPSA) is 114 Å². The molecule has 1 saturated heterocycles. The van der Waals surface area contributed by atoms with E-state index >= 15 is 0 Å².